The van der Waals surface area contributed by atoms with Crippen LogP contribution in [0.25, 0.3) is 0 Å². The van der Waals surface area contributed by atoms with Crippen LogP contribution >= 0.6 is 0 Å². The van der Waals surface area contributed by atoms with Gasteiger partial charge in [0.1, 0.15) is 17.4 Å². The summed E-state index contributed by atoms with van der Waals surface area (Å²) < 4.78 is 7.35. The van der Waals surface area contributed by atoms with Crippen LogP contribution in [0.4, 0.5) is 5.69 Å². The number of nitrogens with zero attached hydrogens (tertiary/aromatic N) is 3. The molecule has 1 amide bonds. The molecular weight excluding hydrogens is 428 g/mol. The zero-order chi connectivity index (χ0) is 24.2. The summed E-state index contributed by atoms with van der Waals surface area (Å²) in [6.07, 6.45) is 0. The fourth-order valence-electron chi connectivity index (χ4n) is 5.26. The van der Waals surface area contributed by atoms with Crippen molar-refractivity contribution in [2.24, 2.45) is 5.73 Å². The Kier molecular flexibility index (Phi) is 4.83. The molecule has 34 heavy (non-hydrogen) atoms. The van der Waals surface area contributed by atoms with Crippen molar-refractivity contribution in [1.29, 1.82) is 5.26 Å². The minimum atomic E-state index is -1.67. The molecule has 170 valence electrons. The van der Waals surface area contributed by atoms with Gasteiger partial charge in [-0.05, 0) is 32.4 Å². The number of fused-ring (bicyclic) bond motifs is 4. The monoisotopic (exact) mass is 452 g/mol. The molecule has 7 nitrogen and oxygen atoms in total. The number of carbonyl (C=O) groups excluding carboxylic acids is 1. The van der Waals surface area contributed by atoms with Crippen molar-refractivity contribution in [3.8, 4) is 11.8 Å². The van der Waals surface area contributed by atoms with E-state index < -0.39 is 5.41 Å². The second-order valence-corrected chi connectivity index (χ2v) is 8.67. The minimum Gasteiger partial charge on any atom is -0.440 e. The Morgan fingerprint density at radius 2 is 1.85 bits per heavy atom. The first-order chi connectivity index (χ1) is 16.3. The molecule has 0 radical (unpaired) electrons. The summed E-state index contributed by atoms with van der Waals surface area (Å²) in [6.45, 7) is 6.36. The van der Waals surface area contributed by atoms with Crippen LogP contribution in [0.15, 0.2) is 70.8 Å². The number of nitriles is 1. The third-order valence-electron chi connectivity index (χ3n) is 6.70. The molecular formula is C27H24N4O3. The van der Waals surface area contributed by atoms with E-state index in [1.807, 2.05) is 50.2 Å². The summed E-state index contributed by atoms with van der Waals surface area (Å²) in [5.74, 6) is -0.337. The molecule has 7 heteroatoms. The maximum atomic E-state index is 14.4. The van der Waals surface area contributed by atoms with E-state index in [1.54, 1.807) is 34.6 Å². The Morgan fingerprint density at radius 1 is 1.09 bits per heavy atom. The van der Waals surface area contributed by atoms with E-state index in [2.05, 4.69) is 6.07 Å². The van der Waals surface area contributed by atoms with Gasteiger partial charge in [0, 0.05) is 29.6 Å². The number of benzene rings is 2. The molecule has 0 aliphatic carbocycles. The largest absolute Gasteiger partial charge is 0.440 e. The number of para-hydroxylation sites is 1. The normalized spacial score (nSPS) is 18.5. The van der Waals surface area contributed by atoms with Gasteiger partial charge < -0.3 is 19.9 Å². The summed E-state index contributed by atoms with van der Waals surface area (Å²) in [4.78, 5) is 29.9. The number of ether oxygens (including phenoxy) is 1. The number of amides is 1. The van der Waals surface area contributed by atoms with E-state index in [-0.39, 0.29) is 34.2 Å². The Balaban J connectivity index is 1.85. The molecule has 3 aromatic rings. The molecule has 0 saturated heterocycles. The lowest BCUT2D eigenvalue weighted by atomic mass is 9.69. The lowest BCUT2D eigenvalue weighted by Crippen LogP contribution is -2.49. The number of carbonyl (C=O) groups is 1. The second kappa shape index (κ2) is 7.63. The van der Waals surface area contributed by atoms with Crippen molar-refractivity contribution in [3.63, 3.8) is 0 Å². The van der Waals surface area contributed by atoms with Crippen LogP contribution in [0.3, 0.4) is 0 Å². The number of anilines is 1. The highest BCUT2D eigenvalue weighted by molar-refractivity contribution is 6.14. The molecule has 3 heterocycles. The molecule has 2 aliphatic rings. The standard InChI is InChI=1S/C27H24N4O3/c1-4-30-17(3)13-22-23(25(30)32)27(20(14-28)24(29)34-22)19-10-5-6-11-21(19)31(26(27)33)15-18-9-7-8-16(2)12-18/h5-13H,4,15,29H2,1-3H3. The zero-order valence-electron chi connectivity index (χ0n) is 19.3. The lowest BCUT2D eigenvalue weighted by Gasteiger charge is -2.34. The molecule has 1 atom stereocenters. The van der Waals surface area contributed by atoms with Crippen molar-refractivity contribution < 1.29 is 9.53 Å². The van der Waals surface area contributed by atoms with E-state index in [9.17, 15) is 14.9 Å². The van der Waals surface area contributed by atoms with Crippen LogP contribution in [0.1, 0.15) is 34.9 Å². The van der Waals surface area contributed by atoms with E-state index in [4.69, 9.17) is 10.5 Å². The molecule has 0 saturated carbocycles. The summed E-state index contributed by atoms with van der Waals surface area (Å²) in [6, 6.07) is 19.0. The third-order valence-corrected chi connectivity index (χ3v) is 6.70. The molecule has 1 unspecified atom stereocenters. The fourth-order valence-corrected chi connectivity index (χ4v) is 5.26. The van der Waals surface area contributed by atoms with Gasteiger partial charge in [0.15, 0.2) is 5.41 Å². The first kappa shape index (κ1) is 21.5. The van der Waals surface area contributed by atoms with Gasteiger partial charge in [-0.2, -0.15) is 5.26 Å². The quantitative estimate of drug-likeness (QED) is 0.656. The van der Waals surface area contributed by atoms with Gasteiger partial charge in [0.05, 0.1) is 12.1 Å². The Labute approximate surface area is 197 Å². The van der Waals surface area contributed by atoms with Crippen LogP contribution in [0.2, 0.25) is 0 Å². The van der Waals surface area contributed by atoms with Crippen LogP contribution in [0.5, 0.6) is 5.75 Å². The van der Waals surface area contributed by atoms with Gasteiger partial charge in [-0.1, -0.05) is 48.0 Å². The Bertz CT molecular complexity index is 1490. The first-order valence-corrected chi connectivity index (χ1v) is 11.1. The molecule has 5 rings (SSSR count). The Morgan fingerprint density at radius 3 is 2.56 bits per heavy atom. The van der Waals surface area contributed by atoms with Gasteiger partial charge in [-0.25, -0.2) is 0 Å². The van der Waals surface area contributed by atoms with Gasteiger partial charge in [-0.15, -0.1) is 0 Å². The van der Waals surface area contributed by atoms with Gasteiger partial charge >= 0.3 is 0 Å². The topological polar surface area (TPSA) is 101 Å². The van der Waals surface area contributed by atoms with E-state index in [1.165, 1.54) is 0 Å². The number of hydrogen-bond acceptors (Lipinski definition) is 5. The molecule has 1 aromatic heterocycles. The highest BCUT2D eigenvalue weighted by Gasteiger charge is 2.60. The summed E-state index contributed by atoms with van der Waals surface area (Å²) >= 11 is 0. The highest BCUT2D eigenvalue weighted by atomic mass is 16.5. The Hall–Kier alpha value is -4.31. The lowest BCUT2D eigenvalue weighted by molar-refractivity contribution is -0.121. The van der Waals surface area contributed by atoms with Crippen LogP contribution in [-0.4, -0.2) is 10.5 Å². The van der Waals surface area contributed by atoms with Crippen molar-refractivity contribution in [3.05, 3.63) is 104 Å². The fraction of sp³-hybridized carbons (Fsp3) is 0.222. The maximum Gasteiger partial charge on any atom is 0.259 e. The molecule has 2 aliphatic heterocycles. The molecule has 1 spiro atoms. The predicted octanol–water partition coefficient (Wildman–Crippen LogP) is 3.40. The highest BCUT2D eigenvalue weighted by Crippen LogP contribution is 2.54. The van der Waals surface area contributed by atoms with Crippen LogP contribution < -0.4 is 20.9 Å². The first-order valence-electron chi connectivity index (χ1n) is 11.1. The zero-order valence-corrected chi connectivity index (χ0v) is 19.3. The maximum absolute atomic E-state index is 14.4. The number of aromatic nitrogens is 1. The van der Waals surface area contributed by atoms with Gasteiger partial charge in [-0.3, -0.25) is 9.59 Å². The molecule has 0 fully saturated rings. The number of hydrogen-bond donors (Lipinski definition) is 1. The third kappa shape index (κ3) is 2.75. The SMILES string of the molecule is CCn1c(C)cc2c(c1=O)C1(C(=O)N(Cc3cccc(C)c3)c3ccccc31)C(C#N)=C(N)O2. The number of aryl methyl sites for hydroxylation is 2. The van der Waals surface area contributed by atoms with Crippen molar-refractivity contribution >= 4 is 11.6 Å². The summed E-state index contributed by atoms with van der Waals surface area (Å²) in [5, 5.41) is 10.2. The predicted molar refractivity (Wildman–Crippen MR) is 128 cm³/mol. The molecule has 0 bridgehead atoms. The average molecular weight is 453 g/mol. The van der Waals surface area contributed by atoms with Gasteiger partial charge in [0.25, 0.3) is 5.56 Å². The average Bonchev–Trinajstić information content (AvgIpc) is 3.03. The van der Waals surface area contributed by atoms with E-state index >= 15 is 0 Å². The van der Waals surface area contributed by atoms with E-state index in [0.29, 0.717) is 30.0 Å². The van der Waals surface area contributed by atoms with Crippen LogP contribution in [-0.2, 0) is 23.3 Å². The van der Waals surface area contributed by atoms with Crippen molar-refractivity contribution in [2.45, 2.75) is 39.3 Å². The second-order valence-electron chi connectivity index (χ2n) is 8.67. The smallest absolute Gasteiger partial charge is 0.259 e. The minimum absolute atomic E-state index is 0.0622. The summed E-state index contributed by atoms with van der Waals surface area (Å²) in [5.41, 5.74) is 8.16. The number of pyridine rings is 1. The molecule has 2 N–H and O–H groups in total. The van der Waals surface area contributed by atoms with Gasteiger partial charge in [0.2, 0.25) is 11.8 Å². The van der Waals surface area contributed by atoms with Crippen LogP contribution in [0, 0.1) is 25.2 Å². The number of nitrogens with two attached hydrogens (primary N) is 1. The van der Waals surface area contributed by atoms with Crippen molar-refractivity contribution in [1.82, 2.24) is 4.57 Å². The number of rotatable bonds is 3. The molecule has 2 aromatic carbocycles. The van der Waals surface area contributed by atoms with E-state index in [0.717, 1.165) is 11.1 Å². The van der Waals surface area contributed by atoms with Crippen molar-refractivity contribution in [2.75, 3.05) is 4.90 Å². The summed E-state index contributed by atoms with van der Waals surface area (Å²) in [7, 11) is 0.